The minimum absolute atomic E-state index is 0.0640. The third kappa shape index (κ3) is 3.08. The maximum Gasteiger partial charge on any atom is 0.490 e. The van der Waals surface area contributed by atoms with Crippen molar-refractivity contribution in [1.29, 1.82) is 0 Å². The average Bonchev–Trinajstić information content (AvgIpc) is 2.76. The van der Waals surface area contributed by atoms with Crippen molar-refractivity contribution in [2.75, 3.05) is 13.1 Å². The first-order chi connectivity index (χ1) is 11.2. The lowest BCUT2D eigenvalue weighted by molar-refractivity contribution is -0.128. The van der Waals surface area contributed by atoms with Gasteiger partial charge in [-0.1, -0.05) is 12.7 Å². The molecule has 5 heteroatoms. The van der Waals surface area contributed by atoms with Crippen LogP contribution in [0, 0.1) is 5.41 Å². The predicted octanol–water partition coefficient (Wildman–Crippen LogP) is 3.52. The molecule has 1 spiro atoms. The van der Waals surface area contributed by atoms with E-state index in [1.165, 1.54) is 18.0 Å². The Labute approximate surface area is 146 Å². The zero-order valence-corrected chi connectivity index (χ0v) is 15.6. The van der Waals surface area contributed by atoms with Crippen LogP contribution in [0.2, 0.25) is 0 Å². The second-order valence-electron chi connectivity index (χ2n) is 8.60. The van der Waals surface area contributed by atoms with Gasteiger partial charge >= 0.3 is 7.12 Å². The van der Waals surface area contributed by atoms with E-state index in [9.17, 15) is 4.79 Å². The predicted molar refractivity (Wildman–Crippen MR) is 96.5 cm³/mol. The molecule has 0 atom stereocenters. The van der Waals surface area contributed by atoms with Crippen molar-refractivity contribution in [3.8, 4) is 0 Å². The van der Waals surface area contributed by atoms with E-state index in [2.05, 4.69) is 40.3 Å². The van der Waals surface area contributed by atoms with Gasteiger partial charge in [0.2, 0.25) is 5.91 Å². The van der Waals surface area contributed by atoms with Gasteiger partial charge in [0, 0.05) is 13.1 Å². The molecule has 3 aliphatic rings. The molecule has 2 heterocycles. The van der Waals surface area contributed by atoms with Crippen molar-refractivity contribution in [3.63, 3.8) is 0 Å². The van der Waals surface area contributed by atoms with E-state index >= 15 is 0 Å². The fraction of sp³-hybridized carbons (Fsp3) is 0.737. The van der Waals surface area contributed by atoms with E-state index in [4.69, 9.17) is 9.31 Å². The first-order valence-electron chi connectivity index (χ1n) is 9.14. The summed E-state index contributed by atoms with van der Waals surface area (Å²) < 4.78 is 12.4. The summed E-state index contributed by atoms with van der Waals surface area (Å²) in [5, 5.41) is 0. The Morgan fingerprint density at radius 2 is 1.75 bits per heavy atom. The first kappa shape index (κ1) is 17.7. The molecule has 0 bridgehead atoms. The van der Waals surface area contributed by atoms with Crippen LogP contribution in [-0.4, -0.2) is 42.2 Å². The maximum absolute atomic E-state index is 11.7. The number of hydrogen-bond donors (Lipinski definition) is 0. The van der Waals surface area contributed by atoms with E-state index in [1.807, 2.05) is 4.90 Å². The lowest BCUT2D eigenvalue weighted by atomic mass is 9.63. The summed E-state index contributed by atoms with van der Waals surface area (Å²) in [6, 6.07) is 0. The molecule has 3 rings (SSSR count). The molecule has 132 valence electrons. The smallest absolute Gasteiger partial charge is 0.400 e. The minimum atomic E-state index is -0.274. The van der Waals surface area contributed by atoms with Gasteiger partial charge in [-0.2, -0.15) is 0 Å². The Kier molecular flexibility index (Phi) is 4.46. The summed E-state index contributed by atoms with van der Waals surface area (Å²) in [5.74, 6) is 0.0640. The van der Waals surface area contributed by atoms with Crippen molar-refractivity contribution >= 4 is 13.0 Å². The van der Waals surface area contributed by atoms with Crippen LogP contribution in [0.3, 0.4) is 0 Å². The molecule has 2 aliphatic heterocycles. The van der Waals surface area contributed by atoms with Gasteiger partial charge in [0.15, 0.2) is 0 Å². The van der Waals surface area contributed by atoms with Gasteiger partial charge in [0.1, 0.15) is 0 Å². The van der Waals surface area contributed by atoms with Gasteiger partial charge in [0.25, 0.3) is 0 Å². The number of carbonyl (C=O) groups excluding carboxylic acids is 1. The first-order valence-corrected chi connectivity index (χ1v) is 9.14. The molecule has 2 saturated heterocycles. The molecule has 1 aliphatic carbocycles. The van der Waals surface area contributed by atoms with Crippen LogP contribution in [0.4, 0.5) is 0 Å². The molecule has 0 saturated carbocycles. The van der Waals surface area contributed by atoms with Crippen LogP contribution in [0.15, 0.2) is 24.2 Å². The number of hydrogen-bond acceptors (Lipinski definition) is 3. The maximum atomic E-state index is 11.7. The highest BCUT2D eigenvalue weighted by molar-refractivity contribution is 6.54. The number of likely N-dealkylation sites (tertiary alicyclic amines) is 1. The topological polar surface area (TPSA) is 38.8 Å². The molecular weight excluding hydrogens is 301 g/mol. The molecule has 0 radical (unpaired) electrons. The number of allylic oxidation sites excluding steroid dienone is 2. The average molecular weight is 331 g/mol. The van der Waals surface area contributed by atoms with Gasteiger partial charge < -0.3 is 14.2 Å². The van der Waals surface area contributed by atoms with Gasteiger partial charge in [-0.05, 0) is 76.8 Å². The van der Waals surface area contributed by atoms with E-state index in [-0.39, 0.29) is 24.2 Å². The molecular formula is C19H30BNO3. The Hall–Kier alpha value is -1.07. The zero-order chi connectivity index (χ0) is 17.6. The molecule has 0 aromatic rings. The van der Waals surface area contributed by atoms with Crippen molar-refractivity contribution in [1.82, 2.24) is 4.90 Å². The monoisotopic (exact) mass is 331 g/mol. The molecule has 4 nitrogen and oxygen atoms in total. The van der Waals surface area contributed by atoms with Gasteiger partial charge in [-0.25, -0.2) is 0 Å². The Morgan fingerprint density at radius 1 is 1.17 bits per heavy atom. The standard InChI is InChI=1S/C19H30BNO3/c1-6-16(22)21-13-11-19(12-14-21)9-7-15(8-10-19)20-23-17(2,3)18(4,5)24-20/h6-7H,1,8-14H2,2-5H3. The number of rotatable bonds is 2. The van der Waals surface area contributed by atoms with Gasteiger partial charge in [0.05, 0.1) is 11.2 Å². The molecule has 0 N–H and O–H groups in total. The molecule has 2 fully saturated rings. The molecule has 0 aromatic carbocycles. The Balaban J connectivity index is 1.61. The summed E-state index contributed by atoms with van der Waals surface area (Å²) in [6.07, 6.45) is 9.21. The number of amides is 1. The van der Waals surface area contributed by atoms with Crippen LogP contribution >= 0.6 is 0 Å². The third-order valence-electron chi connectivity index (χ3n) is 6.61. The fourth-order valence-corrected chi connectivity index (χ4v) is 3.95. The normalized spacial score (nSPS) is 27.9. The summed E-state index contributed by atoms with van der Waals surface area (Å²) in [6.45, 7) is 13.7. The summed E-state index contributed by atoms with van der Waals surface area (Å²) >= 11 is 0. The van der Waals surface area contributed by atoms with Crippen LogP contribution < -0.4 is 0 Å². The van der Waals surface area contributed by atoms with Crippen molar-refractivity contribution in [2.45, 2.75) is 71.0 Å². The van der Waals surface area contributed by atoms with Crippen LogP contribution in [-0.2, 0) is 14.1 Å². The second kappa shape index (κ2) is 6.03. The summed E-state index contributed by atoms with van der Waals surface area (Å²) in [4.78, 5) is 13.7. The highest BCUT2D eigenvalue weighted by Crippen LogP contribution is 2.46. The van der Waals surface area contributed by atoms with Crippen molar-refractivity contribution in [3.05, 3.63) is 24.2 Å². The van der Waals surface area contributed by atoms with Crippen LogP contribution in [0.25, 0.3) is 0 Å². The summed E-state index contributed by atoms with van der Waals surface area (Å²) in [7, 11) is -0.199. The van der Waals surface area contributed by atoms with Crippen molar-refractivity contribution in [2.24, 2.45) is 5.41 Å². The lowest BCUT2D eigenvalue weighted by Crippen LogP contribution is -2.43. The Morgan fingerprint density at radius 3 is 2.21 bits per heavy atom. The minimum Gasteiger partial charge on any atom is -0.400 e. The van der Waals surface area contributed by atoms with E-state index in [0.29, 0.717) is 5.41 Å². The third-order valence-corrected chi connectivity index (χ3v) is 6.61. The van der Waals surface area contributed by atoms with Gasteiger partial charge in [-0.15, -0.1) is 0 Å². The van der Waals surface area contributed by atoms with Crippen LogP contribution in [0.1, 0.15) is 59.8 Å². The second-order valence-corrected chi connectivity index (χ2v) is 8.60. The Bertz CT molecular complexity index is 543. The van der Waals surface area contributed by atoms with E-state index in [0.717, 1.165) is 38.8 Å². The zero-order valence-electron chi connectivity index (χ0n) is 15.6. The largest absolute Gasteiger partial charge is 0.490 e. The molecule has 1 amide bonds. The number of carbonyl (C=O) groups is 1. The lowest BCUT2D eigenvalue weighted by Gasteiger charge is -2.43. The van der Waals surface area contributed by atoms with Crippen LogP contribution in [0.5, 0.6) is 0 Å². The molecule has 0 aromatic heterocycles. The highest BCUT2D eigenvalue weighted by atomic mass is 16.7. The van der Waals surface area contributed by atoms with Gasteiger partial charge in [-0.3, -0.25) is 4.79 Å². The number of nitrogens with zero attached hydrogens (tertiary/aromatic N) is 1. The van der Waals surface area contributed by atoms with E-state index < -0.39 is 0 Å². The fourth-order valence-electron chi connectivity index (χ4n) is 3.95. The number of piperidine rings is 1. The molecule has 0 unspecified atom stereocenters. The van der Waals surface area contributed by atoms with E-state index in [1.54, 1.807) is 0 Å². The SMILES string of the molecule is C=CC(=O)N1CCC2(CC=C(B3OC(C)(C)C(C)(C)O3)CC2)CC1. The quantitative estimate of drug-likeness (QED) is 0.574. The summed E-state index contributed by atoms with van der Waals surface area (Å²) in [5.41, 5.74) is 1.10. The molecule has 24 heavy (non-hydrogen) atoms. The van der Waals surface area contributed by atoms with Crippen molar-refractivity contribution < 1.29 is 14.1 Å². The highest BCUT2D eigenvalue weighted by Gasteiger charge is 2.53.